The smallest absolute Gasteiger partial charge is 0.274 e. The Hall–Kier alpha value is -2.65. The van der Waals surface area contributed by atoms with E-state index in [2.05, 4.69) is 23.2 Å². The molecule has 136 valence electrons. The first-order valence-corrected chi connectivity index (χ1v) is 9.04. The zero-order valence-corrected chi connectivity index (χ0v) is 15.5. The van der Waals surface area contributed by atoms with Gasteiger partial charge in [-0.05, 0) is 38.0 Å². The van der Waals surface area contributed by atoms with Crippen molar-refractivity contribution in [2.24, 2.45) is 0 Å². The van der Waals surface area contributed by atoms with E-state index >= 15 is 0 Å². The van der Waals surface area contributed by atoms with Gasteiger partial charge in [-0.1, -0.05) is 19.1 Å². The highest BCUT2D eigenvalue weighted by Crippen LogP contribution is 2.30. The molecule has 0 aliphatic carbocycles. The number of hydrogen-bond acceptors (Lipinski definition) is 4. The second-order valence-electron chi connectivity index (χ2n) is 6.79. The molecule has 6 nitrogen and oxygen atoms in total. The summed E-state index contributed by atoms with van der Waals surface area (Å²) in [5.74, 6) is -0.0602. The Morgan fingerprint density at radius 1 is 1.38 bits per heavy atom. The molecule has 1 aromatic carbocycles. The Labute approximate surface area is 153 Å². The highest BCUT2D eigenvalue weighted by atomic mass is 16.5. The van der Waals surface area contributed by atoms with Crippen LogP contribution in [-0.2, 0) is 17.7 Å². The lowest BCUT2D eigenvalue weighted by Gasteiger charge is -2.26. The Bertz CT molecular complexity index is 819. The Balaban J connectivity index is 1.84. The highest BCUT2D eigenvalue weighted by Gasteiger charge is 2.31. The number of carbonyl (C=O) groups excluding carboxylic acids is 1. The van der Waals surface area contributed by atoms with Crippen LogP contribution >= 0.6 is 0 Å². The Morgan fingerprint density at radius 3 is 2.77 bits per heavy atom. The first-order chi connectivity index (χ1) is 12.5. The van der Waals surface area contributed by atoms with Crippen molar-refractivity contribution in [1.29, 1.82) is 5.26 Å². The van der Waals surface area contributed by atoms with Crippen LogP contribution in [0.5, 0.6) is 0 Å². The van der Waals surface area contributed by atoms with Gasteiger partial charge in [-0.2, -0.15) is 10.4 Å². The number of ether oxygens (including phenoxy) is 1. The van der Waals surface area contributed by atoms with E-state index < -0.39 is 0 Å². The van der Waals surface area contributed by atoms with Crippen molar-refractivity contribution in [3.8, 4) is 6.07 Å². The third-order valence-electron chi connectivity index (χ3n) is 4.67. The zero-order valence-electron chi connectivity index (χ0n) is 15.5. The minimum Gasteiger partial charge on any atom is -0.369 e. The van der Waals surface area contributed by atoms with Crippen LogP contribution in [0.2, 0.25) is 0 Å². The predicted molar refractivity (Wildman–Crippen MR) is 97.4 cm³/mol. The normalized spacial score (nSPS) is 18.8. The van der Waals surface area contributed by atoms with Crippen LogP contribution in [0.4, 0.5) is 0 Å². The molecule has 2 aromatic rings. The molecule has 3 rings (SSSR count). The van der Waals surface area contributed by atoms with E-state index in [0.717, 1.165) is 23.2 Å². The molecule has 1 aromatic heterocycles. The number of aromatic amines is 1. The summed E-state index contributed by atoms with van der Waals surface area (Å²) in [5.41, 5.74) is 4.00. The first kappa shape index (κ1) is 18.2. The summed E-state index contributed by atoms with van der Waals surface area (Å²) in [5, 5.41) is 16.2. The van der Waals surface area contributed by atoms with Crippen molar-refractivity contribution < 1.29 is 9.53 Å². The molecule has 0 fully saturated rings. The van der Waals surface area contributed by atoms with Crippen LogP contribution in [0, 0.1) is 11.3 Å². The maximum absolute atomic E-state index is 13.2. The van der Waals surface area contributed by atoms with Gasteiger partial charge in [0.25, 0.3) is 5.91 Å². The fourth-order valence-electron chi connectivity index (χ4n) is 3.43. The number of carbonyl (C=O) groups is 1. The van der Waals surface area contributed by atoms with E-state index in [9.17, 15) is 4.79 Å². The van der Waals surface area contributed by atoms with E-state index in [1.54, 1.807) is 12.1 Å². The van der Waals surface area contributed by atoms with Crippen LogP contribution in [0.1, 0.15) is 66.2 Å². The van der Waals surface area contributed by atoms with Gasteiger partial charge in [-0.25, -0.2) is 0 Å². The summed E-state index contributed by atoms with van der Waals surface area (Å²) in [4.78, 5) is 15.0. The number of amides is 1. The topological polar surface area (TPSA) is 82.0 Å². The maximum atomic E-state index is 13.2. The van der Waals surface area contributed by atoms with E-state index in [1.807, 2.05) is 30.9 Å². The molecule has 1 aliphatic heterocycles. The number of hydrogen-bond donors (Lipinski definition) is 1. The number of H-pyrrole nitrogens is 1. The monoisotopic (exact) mass is 352 g/mol. The second-order valence-corrected chi connectivity index (χ2v) is 6.79. The first-order valence-electron chi connectivity index (χ1n) is 9.04. The summed E-state index contributed by atoms with van der Waals surface area (Å²) in [6.07, 6.45) is 1.54. The molecule has 2 heterocycles. The zero-order chi connectivity index (χ0) is 18.7. The Morgan fingerprint density at radius 2 is 2.12 bits per heavy atom. The third kappa shape index (κ3) is 3.63. The van der Waals surface area contributed by atoms with Crippen LogP contribution < -0.4 is 0 Å². The summed E-state index contributed by atoms with van der Waals surface area (Å²) < 4.78 is 5.81. The molecule has 26 heavy (non-hydrogen) atoms. The largest absolute Gasteiger partial charge is 0.369 e. The van der Waals surface area contributed by atoms with Crippen molar-refractivity contribution in [1.82, 2.24) is 15.1 Å². The van der Waals surface area contributed by atoms with Crippen molar-refractivity contribution in [2.75, 3.05) is 6.54 Å². The van der Waals surface area contributed by atoms with Gasteiger partial charge in [0.15, 0.2) is 5.69 Å². The molecule has 2 atom stereocenters. The SMILES string of the molecule is CCCN(Cc1ccc(C#N)cc1)C(=O)c1n[nH]c2c1C[C@H](C)O[C@@H]2C. The van der Waals surface area contributed by atoms with E-state index in [1.165, 1.54) is 0 Å². The summed E-state index contributed by atoms with van der Waals surface area (Å²) in [6.45, 7) is 7.20. The average molecular weight is 352 g/mol. The van der Waals surface area contributed by atoms with Crippen LogP contribution in [-0.4, -0.2) is 33.7 Å². The van der Waals surface area contributed by atoms with Gasteiger partial charge >= 0.3 is 0 Å². The number of nitrogens with one attached hydrogen (secondary N) is 1. The van der Waals surface area contributed by atoms with Crippen molar-refractivity contribution in [3.63, 3.8) is 0 Å². The number of nitriles is 1. The Kier molecular flexibility index (Phi) is 5.38. The molecule has 0 saturated heterocycles. The molecule has 6 heteroatoms. The van der Waals surface area contributed by atoms with Crippen molar-refractivity contribution >= 4 is 5.91 Å². The van der Waals surface area contributed by atoms with Crippen LogP contribution in [0.25, 0.3) is 0 Å². The molecule has 0 unspecified atom stereocenters. The lowest BCUT2D eigenvalue weighted by molar-refractivity contribution is -0.00702. The number of nitrogens with zero attached hydrogens (tertiary/aromatic N) is 3. The maximum Gasteiger partial charge on any atom is 0.274 e. The molecule has 0 bridgehead atoms. The second kappa shape index (κ2) is 7.71. The summed E-state index contributed by atoms with van der Waals surface area (Å²) >= 11 is 0. The number of benzene rings is 1. The van der Waals surface area contributed by atoms with Gasteiger partial charge in [0.05, 0.1) is 29.5 Å². The average Bonchev–Trinajstić information content (AvgIpc) is 3.05. The quantitative estimate of drug-likeness (QED) is 0.894. The van der Waals surface area contributed by atoms with Gasteiger partial charge in [-0.15, -0.1) is 0 Å². The van der Waals surface area contributed by atoms with Gasteiger partial charge < -0.3 is 9.64 Å². The molecule has 1 N–H and O–H groups in total. The van der Waals surface area contributed by atoms with E-state index in [4.69, 9.17) is 10.00 Å². The van der Waals surface area contributed by atoms with Crippen LogP contribution in [0.3, 0.4) is 0 Å². The molecular weight excluding hydrogens is 328 g/mol. The fraction of sp³-hybridized carbons (Fsp3) is 0.450. The van der Waals surface area contributed by atoms with Gasteiger partial charge in [0, 0.05) is 25.1 Å². The van der Waals surface area contributed by atoms with Gasteiger partial charge in [-0.3, -0.25) is 9.89 Å². The molecule has 1 amide bonds. The summed E-state index contributed by atoms with van der Waals surface area (Å²) in [6, 6.07) is 9.46. The lowest BCUT2D eigenvalue weighted by atomic mass is 9.99. The number of rotatable bonds is 5. The predicted octanol–water partition coefficient (Wildman–Crippen LogP) is 3.36. The molecule has 0 saturated carbocycles. The fourth-order valence-corrected chi connectivity index (χ4v) is 3.43. The number of aromatic nitrogens is 2. The highest BCUT2D eigenvalue weighted by molar-refractivity contribution is 5.94. The molecule has 0 spiro atoms. The van der Waals surface area contributed by atoms with Gasteiger partial charge in [0.1, 0.15) is 0 Å². The van der Waals surface area contributed by atoms with Gasteiger partial charge in [0.2, 0.25) is 0 Å². The molecule has 1 aliphatic rings. The minimum atomic E-state index is -0.0825. The van der Waals surface area contributed by atoms with Crippen molar-refractivity contribution in [3.05, 3.63) is 52.3 Å². The minimum absolute atomic E-state index is 0.0602. The van der Waals surface area contributed by atoms with Crippen LogP contribution in [0.15, 0.2) is 24.3 Å². The molecular formula is C20H24N4O2. The van der Waals surface area contributed by atoms with E-state index in [-0.39, 0.29) is 18.1 Å². The van der Waals surface area contributed by atoms with Crippen molar-refractivity contribution in [2.45, 2.75) is 52.4 Å². The lowest BCUT2D eigenvalue weighted by Crippen LogP contribution is -2.33. The standard InChI is InChI=1S/C20H24N4O2/c1-4-9-24(12-16-7-5-15(11-21)6-8-16)20(25)19-17-10-13(2)26-14(3)18(17)22-23-19/h5-8,13-14H,4,9-10,12H2,1-3H3,(H,22,23)/t13-,14+/m0/s1. The van der Waals surface area contributed by atoms with E-state index in [0.29, 0.717) is 30.8 Å². The third-order valence-corrected chi connectivity index (χ3v) is 4.67. The summed E-state index contributed by atoms with van der Waals surface area (Å²) in [7, 11) is 0. The number of fused-ring (bicyclic) bond motifs is 1. The molecule has 0 radical (unpaired) electrons.